The summed E-state index contributed by atoms with van der Waals surface area (Å²) in [5, 5.41) is 0.381. The first-order chi connectivity index (χ1) is 8.49. The van der Waals surface area contributed by atoms with Crippen LogP contribution in [0.1, 0.15) is 18.1 Å². The molecular formula is C15H15ClFN. The fraction of sp³-hybridized carbons (Fsp3) is 0.200. The Morgan fingerprint density at radius 3 is 2.44 bits per heavy atom. The van der Waals surface area contributed by atoms with Gasteiger partial charge in [-0.2, -0.15) is 0 Å². The Kier molecular flexibility index (Phi) is 3.69. The van der Waals surface area contributed by atoms with Crippen LogP contribution in [0.15, 0.2) is 48.5 Å². The zero-order chi connectivity index (χ0) is 13.2. The van der Waals surface area contributed by atoms with E-state index >= 15 is 0 Å². The van der Waals surface area contributed by atoms with Gasteiger partial charge in [-0.1, -0.05) is 48.0 Å². The summed E-state index contributed by atoms with van der Waals surface area (Å²) < 4.78 is 13.9. The molecule has 94 valence electrons. The van der Waals surface area contributed by atoms with Crippen LogP contribution in [0.5, 0.6) is 0 Å². The normalized spacial score (nSPS) is 14.2. The summed E-state index contributed by atoms with van der Waals surface area (Å²) in [5.41, 5.74) is 7.05. The molecule has 2 N–H and O–H groups in total. The van der Waals surface area contributed by atoms with Gasteiger partial charge in [0.25, 0.3) is 0 Å². The highest BCUT2D eigenvalue weighted by molar-refractivity contribution is 6.30. The second-order valence-corrected chi connectivity index (χ2v) is 5.14. The molecule has 0 aliphatic carbocycles. The van der Waals surface area contributed by atoms with E-state index in [1.54, 1.807) is 12.1 Å². The third kappa shape index (κ3) is 2.89. The van der Waals surface area contributed by atoms with Crippen molar-refractivity contribution in [1.29, 1.82) is 0 Å². The van der Waals surface area contributed by atoms with E-state index in [2.05, 4.69) is 0 Å². The number of nitrogens with two attached hydrogens (primary N) is 1. The molecule has 18 heavy (non-hydrogen) atoms. The lowest BCUT2D eigenvalue weighted by atomic mass is 9.86. The monoisotopic (exact) mass is 263 g/mol. The molecular weight excluding hydrogens is 249 g/mol. The molecule has 3 heteroatoms. The van der Waals surface area contributed by atoms with Crippen molar-refractivity contribution in [2.24, 2.45) is 5.73 Å². The van der Waals surface area contributed by atoms with Gasteiger partial charge in [0.05, 0.1) is 0 Å². The molecule has 0 radical (unpaired) electrons. The summed E-state index contributed by atoms with van der Waals surface area (Å²) in [6.45, 7) is 1.83. The first-order valence-electron chi connectivity index (χ1n) is 5.77. The highest BCUT2D eigenvalue weighted by Crippen LogP contribution is 2.27. The number of rotatable bonds is 3. The SMILES string of the molecule is CC(N)(Cc1ccccc1)c1ccc(Cl)cc1F. The van der Waals surface area contributed by atoms with E-state index in [1.165, 1.54) is 6.07 Å². The van der Waals surface area contributed by atoms with Gasteiger partial charge in [-0.15, -0.1) is 0 Å². The summed E-state index contributed by atoms with van der Waals surface area (Å²) in [7, 11) is 0. The lowest BCUT2D eigenvalue weighted by molar-refractivity contribution is 0.457. The molecule has 1 atom stereocenters. The standard InChI is InChI=1S/C15H15ClFN/c1-15(18,10-11-5-3-2-4-6-11)13-8-7-12(16)9-14(13)17/h2-9H,10,18H2,1H3. The maximum atomic E-state index is 13.9. The smallest absolute Gasteiger partial charge is 0.129 e. The van der Waals surface area contributed by atoms with Crippen LogP contribution in [0.4, 0.5) is 4.39 Å². The Labute approximate surface area is 111 Å². The van der Waals surface area contributed by atoms with Crippen molar-refractivity contribution in [1.82, 2.24) is 0 Å². The third-order valence-electron chi connectivity index (χ3n) is 2.96. The zero-order valence-corrected chi connectivity index (χ0v) is 10.9. The van der Waals surface area contributed by atoms with Gasteiger partial charge in [-0.25, -0.2) is 4.39 Å². The van der Waals surface area contributed by atoms with Crippen LogP contribution in [-0.4, -0.2) is 0 Å². The van der Waals surface area contributed by atoms with Crippen molar-refractivity contribution < 1.29 is 4.39 Å². The van der Waals surface area contributed by atoms with Crippen molar-refractivity contribution in [3.05, 3.63) is 70.5 Å². The summed E-state index contributed by atoms with van der Waals surface area (Å²) in [4.78, 5) is 0. The molecule has 1 unspecified atom stereocenters. The summed E-state index contributed by atoms with van der Waals surface area (Å²) in [6.07, 6.45) is 0.576. The molecule has 0 aromatic heterocycles. The molecule has 0 saturated heterocycles. The van der Waals surface area contributed by atoms with Crippen LogP contribution in [0.2, 0.25) is 5.02 Å². The van der Waals surface area contributed by atoms with E-state index in [9.17, 15) is 4.39 Å². The van der Waals surface area contributed by atoms with Crippen molar-refractivity contribution in [3.8, 4) is 0 Å². The average Bonchev–Trinajstić information content (AvgIpc) is 2.29. The molecule has 1 nitrogen and oxygen atoms in total. The lowest BCUT2D eigenvalue weighted by Crippen LogP contribution is -2.36. The molecule has 2 aromatic carbocycles. The topological polar surface area (TPSA) is 26.0 Å². The van der Waals surface area contributed by atoms with E-state index < -0.39 is 5.54 Å². The maximum absolute atomic E-state index is 13.9. The number of hydrogen-bond acceptors (Lipinski definition) is 1. The van der Waals surface area contributed by atoms with Crippen LogP contribution < -0.4 is 5.73 Å². The Balaban J connectivity index is 2.30. The highest BCUT2D eigenvalue weighted by atomic mass is 35.5. The van der Waals surface area contributed by atoms with E-state index in [0.29, 0.717) is 17.0 Å². The number of hydrogen-bond donors (Lipinski definition) is 1. The largest absolute Gasteiger partial charge is 0.321 e. The van der Waals surface area contributed by atoms with Crippen molar-refractivity contribution in [3.63, 3.8) is 0 Å². The Morgan fingerprint density at radius 1 is 1.17 bits per heavy atom. The lowest BCUT2D eigenvalue weighted by Gasteiger charge is -2.26. The van der Waals surface area contributed by atoms with Crippen LogP contribution in [0.3, 0.4) is 0 Å². The zero-order valence-electron chi connectivity index (χ0n) is 10.2. The third-order valence-corrected chi connectivity index (χ3v) is 3.20. The Hall–Kier alpha value is -1.38. The first kappa shape index (κ1) is 13.1. The van der Waals surface area contributed by atoms with Crippen LogP contribution in [0, 0.1) is 5.82 Å². The molecule has 0 spiro atoms. The van der Waals surface area contributed by atoms with Gasteiger partial charge in [0.15, 0.2) is 0 Å². The Bertz CT molecular complexity index is 537. The van der Waals surface area contributed by atoms with Gasteiger partial charge in [0.2, 0.25) is 0 Å². The Morgan fingerprint density at radius 2 is 1.83 bits per heavy atom. The summed E-state index contributed by atoms with van der Waals surface area (Å²) >= 11 is 5.75. The van der Waals surface area contributed by atoms with Crippen molar-refractivity contribution >= 4 is 11.6 Å². The predicted octanol–water partition coefficient (Wildman–Crippen LogP) is 3.90. The second kappa shape index (κ2) is 5.09. The van der Waals surface area contributed by atoms with Gasteiger partial charge >= 0.3 is 0 Å². The predicted molar refractivity (Wildman–Crippen MR) is 73.1 cm³/mol. The summed E-state index contributed by atoms with van der Waals surface area (Å²) in [5.74, 6) is -0.358. The number of benzene rings is 2. The molecule has 2 rings (SSSR count). The van der Waals surface area contributed by atoms with Gasteiger partial charge < -0.3 is 5.73 Å². The van der Waals surface area contributed by atoms with Crippen molar-refractivity contribution in [2.75, 3.05) is 0 Å². The quantitative estimate of drug-likeness (QED) is 0.893. The van der Waals surface area contributed by atoms with Crippen LogP contribution >= 0.6 is 11.6 Å². The van der Waals surface area contributed by atoms with E-state index in [1.807, 2.05) is 37.3 Å². The van der Waals surface area contributed by atoms with Crippen molar-refractivity contribution in [2.45, 2.75) is 18.9 Å². The average molecular weight is 264 g/mol. The van der Waals surface area contributed by atoms with Crippen LogP contribution in [-0.2, 0) is 12.0 Å². The fourth-order valence-corrected chi connectivity index (χ4v) is 2.23. The fourth-order valence-electron chi connectivity index (χ4n) is 2.07. The minimum atomic E-state index is -0.754. The number of halogens is 2. The highest BCUT2D eigenvalue weighted by Gasteiger charge is 2.25. The molecule has 0 heterocycles. The van der Waals surface area contributed by atoms with Gasteiger partial charge in [-0.3, -0.25) is 0 Å². The van der Waals surface area contributed by atoms with Crippen LogP contribution in [0.25, 0.3) is 0 Å². The molecule has 0 aliphatic heterocycles. The molecule has 0 fully saturated rings. The van der Waals surface area contributed by atoms with Gasteiger partial charge in [-0.05, 0) is 31.0 Å². The molecule has 0 amide bonds. The first-order valence-corrected chi connectivity index (χ1v) is 6.15. The molecule has 0 saturated carbocycles. The summed E-state index contributed by atoms with van der Waals surface area (Å²) in [6, 6.07) is 14.4. The van der Waals surface area contributed by atoms with E-state index in [-0.39, 0.29) is 5.82 Å². The van der Waals surface area contributed by atoms with Gasteiger partial charge in [0, 0.05) is 16.1 Å². The molecule has 0 bridgehead atoms. The maximum Gasteiger partial charge on any atom is 0.129 e. The van der Waals surface area contributed by atoms with Gasteiger partial charge in [0.1, 0.15) is 5.82 Å². The second-order valence-electron chi connectivity index (χ2n) is 4.70. The minimum absolute atomic E-state index is 0.358. The molecule has 0 aliphatic rings. The van der Waals surface area contributed by atoms with E-state index in [4.69, 9.17) is 17.3 Å². The molecule has 2 aromatic rings. The minimum Gasteiger partial charge on any atom is -0.321 e. The van der Waals surface area contributed by atoms with E-state index in [0.717, 1.165) is 5.56 Å².